The summed E-state index contributed by atoms with van der Waals surface area (Å²) in [4.78, 5) is 10.7. The molecule has 0 unspecified atom stereocenters. The molecule has 0 amide bonds. The molecule has 0 N–H and O–H groups in total. The van der Waals surface area contributed by atoms with Crippen molar-refractivity contribution in [2.45, 2.75) is 6.92 Å². The Hall–Kier alpha value is -1.09. The van der Waals surface area contributed by atoms with E-state index < -0.39 is 5.82 Å². The monoisotopic (exact) mass is 210 g/mol. The SMILES string of the molecule is Cc1ccc(F)c(C=O)c1C=CCS. The van der Waals surface area contributed by atoms with Crippen molar-refractivity contribution in [2.24, 2.45) is 0 Å². The Bertz CT molecular complexity index is 372. The average molecular weight is 210 g/mol. The van der Waals surface area contributed by atoms with E-state index in [-0.39, 0.29) is 5.56 Å². The normalized spacial score (nSPS) is 10.8. The minimum Gasteiger partial charge on any atom is -0.298 e. The minimum absolute atomic E-state index is 0.114. The van der Waals surface area contributed by atoms with Gasteiger partial charge in [0, 0.05) is 5.75 Å². The van der Waals surface area contributed by atoms with Gasteiger partial charge in [-0.05, 0) is 24.1 Å². The lowest BCUT2D eigenvalue weighted by Crippen LogP contribution is -1.95. The van der Waals surface area contributed by atoms with Gasteiger partial charge < -0.3 is 0 Å². The average Bonchev–Trinajstić information content (AvgIpc) is 2.19. The van der Waals surface area contributed by atoms with Crippen molar-refractivity contribution in [3.8, 4) is 0 Å². The molecular weight excluding hydrogens is 199 g/mol. The van der Waals surface area contributed by atoms with Crippen LogP contribution in [-0.4, -0.2) is 12.0 Å². The standard InChI is InChI=1S/C11H11FOS/c1-8-4-5-11(12)10(7-13)9(8)3-2-6-14/h2-5,7,14H,6H2,1H3. The zero-order valence-electron chi connectivity index (χ0n) is 7.83. The van der Waals surface area contributed by atoms with Gasteiger partial charge in [-0.3, -0.25) is 4.79 Å². The van der Waals surface area contributed by atoms with E-state index in [4.69, 9.17) is 0 Å². The number of hydrogen-bond acceptors (Lipinski definition) is 2. The van der Waals surface area contributed by atoms with Crippen LogP contribution < -0.4 is 0 Å². The fourth-order valence-corrected chi connectivity index (χ4v) is 1.34. The fourth-order valence-electron chi connectivity index (χ4n) is 1.23. The summed E-state index contributed by atoms with van der Waals surface area (Å²) >= 11 is 4.01. The van der Waals surface area contributed by atoms with Gasteiger partial charge in [-0.25, -0.2) is 4.39 Å². The molecule has 0 heterocycles. The van der Waals surface area contributed by atoms with Gasteiger partial charge in [-0.15, -0.1) is 0 Å². The van der Waals surface area contributed by atoms with Crippen LogP contribution in [-0.2, 0) is 0 Å². The van der Waals surface area contributed by atoms with Crippen molar-refractivity contribution in [3.63, 3.8) is 0 Å². The van der Waals surface area contributed by atoms with E-state index in [9.17, 15) is 9.18 Å². The van der Waals surface area contributed by atoms with Crippen LogP contribution in [0.15, 0.2) is 18.2 Å². The molecule has 0 aliphatic carbocycles. The molecule has 1 aromatic rings. The van der Waals surface area contributed by atoms with Gasteiger partial charge in [0.05, 0.1) is 5.56 Å². The molecule has 0 radical (unpaired) electrons. The van der Waals surface area contributed by atoms with Crippen LogP contribution in [0.25, 0.3) is 6.08 Å². The van der Waals surface area contributed by atoms with Gasteiger partial charge in [0.2, 0.25) is 0 Å². The Labute approximate surface area is 88.0 Å². The summed E-state index contributed by atoms with van der Waals surface area (Å²) in [6, 6.07) is 2.96. The first kappa shape index (κ1) is 11.0. The molecule has 0 saturated heterocycles. The lowest BCUT2D eigenvalue weighted by Gasteiger charge is -2.04. The van der Waals surface area contributed by atoms with E-state index in [0.29, 0.717) is 17.6 Å². The van der Waals surface area contributed by atoms with Gasteiger partial charge in [0.15, 0.2) is 6.29 Å². The summed E-state index contributed by atoms with van der Waals surface area (Å²) in [6.07, 6.45) is 4.04. The molecule has 0 atom stereocenters. The van der Waals surface area contributed by atoms with Crippen LogP contribution in [0.1, 0.15) is 21.5 Å². The number of aldehydes is 1. The number of halogens is 1. The summed E-state index contributed by atoms with van der Waals surface area (Å²) in [7, 11) is 0. The largest absolute Gasteiger partial charge is 0.298 e. The smallest absolute Gasteiger partial charge is 0.153 e. The first-order chi connectivity index (χ1) is 6.70. The third-order valence-corrected chi connectivity index (χ3v) is 2.17. The lowest BCUT2D eigenvalue weighted by molar-refractivity contribution is 0.111. The summed E-state index contributed by atoms with van der Waals surface area (Å²) in [5, 5.41) is 0. The van der Waals surface area contributed by atoms with Crippen LogP contribution in [0, 0.1) is 12.7 Å². The highest BCUT2D eigenvalue weighted by atomic mass is 32.1. The number of benzene rings is 1. The first-order valence-corrected chi connectivity index (χ1v) is 4.85. The number of carbonyl (C=O) groups excluding carboxylic acids is 1. The van der Waals surface area contributed by atoms with E-state index in [2.05, 4.69) is 12.6 Å². The fraction of sp³-hybridized carbons (Fsp3) is 0.182. The highest BCUT2D eigenvalue weighted by Crippen LogP contribution is 2.17. The molecule has 0 aliphatic heterocycles. The second-order valence-corrected chi connectivity index (χ2v) is 3.26. The van der Waals surface area contributed by atoms with E-state index in [1.54, 1.807) is 18.2 Å². The zero-order valence-corrected chi connectivity index (χ0v) is 8.72. The molecule has 0 fully saturated rings. The van der Waals surface area contributed by atoms with Crippen LogP contribution in [0.3, 0.4) is 0 Å². The topological polar surface area (TPSA) is 17.1 Å². The van der Waals surface area contributed by atoms with E-state index >= 15 is 0 Å². The molecular formula is C11H11FOS. The predicted octanol–water partition coefficient (Wildman–Crippen LogP) is 2.89. The van der Waals surface area contributed by atoms with Gasteiger partial charge in [-0.1, -0.05) is 18.2 Å². The molecule has 0 saturated carbocycles. The Kier molecular flexibility index (Phi) is 3.89. The van der Waals surface area contributed by atoms with Crippen LogP contribution in [0.2, 0.25) is 0 Å². The molecule has 1 rings (SSSR count). The maximum absolute atomic E-state index is 13.2. The number of hydrogen-bond donors (Lipinski definition) is 1. The van der Waals surface area contributed by atoms with Crippen molar-refractivity contribution in [1.29, 1.82) is 0 Å². The zero-order chi connectivity index (χ0) is 10.6. The Morgan fingerprint density at radius 3 is 2.71 bits per heavy atom. The minimum atomic E-state index is -0.482. The van der Waals surface area contributed by atoms with Crippen LogP contribution in [0.4, 0.5) is 4.39 Å². The number of rotatable bonds is 3. The van der Waals surface area contributed by atoms with Gasteiger partial charge in [0.25, 0.3) is 0 Å². The van der Waals surface area contributed by atoms with Crippen molar-refractivity contribution in [2.75, 3.05) is 5.75 Å². The maximum atomic E-state index is 13.2. The van der Waals surface area contributed by atoms with Crippen molar-refractivity contribution in [1.82, 2.24) is 0 Å². The summed E-state index contributed by atoms with van der Waals surface area (Å²) in [5.74, 6) is 0.0817. The Morgan fingerprint density at radius 1 is 1.43 bits per heavy atom. The highest BCUT2D eigenvalue weighted by molar-refractivity contribution is 7.80. The maximum Gasteiger partial charge on any atom is 0.153 e. The number of carbonyl (C=O) groups is 1. The van der Waals surface area contributed by atoms with E-state index in [1.807, 2.05) is 6.92 Å². The Morgan fingerprint density at radius 2 is 2.14 bits per heavy atom. The Balaban J connectivity index is 3.29. The number of thiol groups is 1. The molecule has 3 heteroatoms. The van der Waals surface area contributed by atoms with Gasteiger partial charge in [-0.2, -0.15) is 12.6 Å². The summed E-state index contributed by atoms with van der Waals surface area (Å²) in [5.41, 5.74) is 1.63. The number of aryl methyl sites for hydroxylation is 1. The predicted molar refractivity (Wildman–Crippen MR) is 59.4 cm³/mol. The highest BCUT2D eigenvalue weighted by Gasteiger charge is 2.07. The summed E-state index contributed by atoms with van der Waals surface area (Å²) in [6.45, 7) is 1.84. The van der Waals surface area contributed by atoms with Crippen LogP contribution >= 0.6 is 12.6 Å². The van der Waals surface area contributed by atoms with Crippen LogP contribution in [0.5, 0.6) is 0 Å². The lowest BCUT2D eigenvalue weighted by atomic mass is 10.0. The van der Waals surface area contributed by atoms with Crippen molar-refractivity contribution >= 4 is 25.0 Å². The third kappa shape index (κ3) is 2.23. The van der Waals surface area contributed by atoms with Crippen molar-refractivity contribution < 1.29 is 9.18 Å². The molecule has 1 aromatic carbocycles. The first-order valence-electron chi connectivity index (χ1n) is 4.22. The molecule has 0 spiro atoms. The molecule has 0 aliphatic rings. The van der Waals surface area contributed by atoms with E-state index in [1.165, 1.54) is 6.07 Å². The van der Waals surface area contributed by atoms with E-state index in [0.717, 1.165) is 5.56 Å². The second kappa shape index (κ2) is 4.96. The molecule has 0 bridgehead atoms. The van der Waals surface area contributed by atoms with Crippen molar-refractivity contribution in [3.05, 3.63) is 40.7 Å². The summed E-state index contributed by atoms with van der Waals surface area (Å²) < 4.78 is 13.2. The molecule has 14 heavy (non-hydrogen) atoms. The molecule has 1 nitrogen and oxygen atoms in total. The van der Waals surface area contributed by atoms with Gasteiger partial charge >= 0.3 is 0 Å². The van der Waals surface area contributed by atoms with Gasteiger partial charge in [0.1, 0.15) is 5.82 Å². The molecule has 74 valence electrons. The third-order valence-electron chi connectivity index (χ3n) is 1.96. The quantitative estimate of drug-likeness (QED) is 0.599. The second-order valence-electron chi connectivity index (χ2n) is 2.89. The molecule has 0 aromatic heterocycles.